The van der Waals surface area contributed by atoms with E-state index in [1.807, 2.05) is 41.0 Å². The van der Waals surface area contributed by atoms with Crippen LogP contribution in [0.2, 0.25) is 0 Å². The van der Waals surface area contributed by atoms with E-state index in [-0.39, 0.29) is 5.91 Å². The number of fused-ring (bicyclic) bond motifs is 4. The molecule has 0 aliphatic rings. The first-order valence-electron chi connectivity index (χ1n) is 12.4. The molecule has 4 aromatic carbocycles. The lowest BCUT2D eigenvalue weighted by Crippen LogP contribution is -2.07. The molecule has 0 atom stereocenters. The van der Waals surface area contributed by atoms with Crippen molar-refractivity contribution in [3.05, 3.63) is 84.9 Å². The predicted molar refractivity (Wildman–Crippen MR) is 151 cm³/mol. The van der Waals surface area contributed by atoms with Gasteiger partial charge in [0, 0.05) is 46.2 Å². The van der Waals surface area contributed by atoms with Crippen molar-refractivity contribution in [3.8, 4) is 33.9 Å². The van der Waals surface area contributed by atoms with E-state index in [9.17, 15) is 4.79 Å². The topological polar surface area (TPSA) is 45.4 Å². The summed E-state index contributed by atoms with van der Waals surface area (Å²) >= 11 is 0. The fourth-order valence-corrected chi connectivity index (χ4v) is 5.57. The average molecular weight is 489 g/mol. The number of nitrogens with zero attached hydrogens (tertiary/aromatic N) is 2. The van der Waals surface area contributed by atoms with Crippen molar-refractivity contribution >= 4 is 38.6 Å². The molecule has 0 N–H and O–H groups in total. The van der Waals surface area contributed by atoms with Crippen LogP contribution in [-0.4, -0.2) is 29.3 Å². The number of ether oxygens (including phenoxy) is 2. The van der Waals surface area contributed by atoms with E-state index in [2.05, 4.69) is 60.0 Å². The lowest BCUT2D eigenvalue weighted by atomic mass is 9.97. The highest BCUT2D eigenvalue weighted by atomic mass is 16.5. The van der Waals surface area contributed by atoms with Gasteiger partial charge in [-0.2, -0.15) is 0 Å². The number of hydrogen-bond acceptors (Lipinski definition) is 3. The highest BCUT2D eigenvalue weighted by Gasteiger charge is 2.24. The minimum absolute atomic E-state index is 0.0332. The van der Waals surface area contributed by atoms with Crippen LogP contribution < -0.4 is 9.47 Å². The molecule has 0 spiro atoms. The second-order valence-corrected chi connectivity index (χ2v) is 9.18. The molecule has 0 amide bonds. The van der Waals surface area contributed by atoms with Crippen LogP contribution in [-0.2, 0) is 6.54 Å². The third-order valence-electron chi connectivity index (χ3n) is 7.23. The third-order valence-corrected chi connectivity index (χ3v) is 7.23. The van der Waals surface area contributed by atoms with Gasteiger partial charge in [-0.05, 0) is 72.6 Å². The maximum absolute atomic E-state index is 13.3. The molecular formula is C32H28N2O3. The van der Waals surface area contributed by atoms with Gasteiger partial charge in [0.25, 0.3) is 0 Å². The van der Waals surface area contributed by atoms with Gasteiger partial charge in [0.1, 0.15) is 11.5 Å². The minimum atomic E-state index is -0.0332. The molecule has 5 nitrogen and oxygen atoms in total. The van der Waals surface area contributed by atoms with Crippen molar-refractivity contribution < 1.29 is 14.3 Å². The Morgan fingerprint density at radius 2 is 1.30 bits per heavy atom. The van der Waals surface area contributed by atoms with Gasteiger partial charge in [-0.15, -0.1) is 0 Å². The van der Waals surface area contributed by atoms with Crippen LogP contribution in [0.15, 0.2) is 84.9 Å². The van der Waals surface area contributed by atoms with Crippen molar-refractivity contribution in [1.29, 1.82) is 0 Å². The van der Waals surface area contributed by atoms with Gasteiger partial charge < -0.3 is 14.0 Å². The van der Waals surface area contributed by atoms with Crippen LogP contribution in [0.1, 0.15) is 18.6 Å². The van der Waals surface area contributed by atoms with E-state index in [1.54, 1.807) is 21.1 Å². The normalized spacial score (nSPS) is 11.5. The lowest BCUT2D eigenvalue weighted by molar-refractivity contribution is 0.0943. The molecule has 0 saturated carbocycles. The molecule has 0 unspecified atom stereocenters. The summed E-state index contributed by atoms with van der Waals surface area (Å²) in [5, 5.41) is 3.37. The molecule has 6 aromatic rings. The van der Waals surface area contributed by atoms with Crippen molar-refractivity contribution in [2.45, 2.75) is 20.4 Å². The summed E-state index contributed by atoms with van der Waals surface area (Å²) in [5.41, 5.74) is 7.12. The Kier molecular flexibility index (Phi) is 5.49. The molecule has 184 valence electrons. The Hall–Kier alpha value is -4.51. The molecule has 0 radical (unpaired) electrons. The van der Waals surface area contributed by atoms with E-state index in [0.717, 1.165) is 62.2 Å². The summed E-state index contributed by atoms with van der Waals surface area (Å²) in [7, 11) is 3.32. The van der Waals surface area contributed by atoms with Gasteiger partial charge in [0.2, 0.25) is 5.91 Å². The summed E-state index contributed by atoms with van der Waals surface area (Å²) in [6.45, 7) is 4.65. The predicted octanol–water partition coefficient (Wildman–Crippen LogP) is 7.78. The second-order valence-electron chi connectivity index (χ2n) is 9.18. The summed E-state index contributed by atoms with van der Waals surface area (Å²) in [6.07, 6.45) is 0. The van der Waals surface area contributed by atoms with Gasteiger partial charge in [0.15, 0.2) is 0 Å². The summed E-state index contributed by atoms with van der Waals surface area (Å²) < 4.78 is 15.0. The standard InChI is InChI=1S/C32H28N2O3/c1-5-33-28-9-7-6-8-25(28)26-18-30-27(19-29(26)33)31(21-10-14-23(36-3)15-11-21)32(34(30)20(2)35)22-12-16-24(37-4)17-13-22/h6-19H,5H2,1-4H3. The van der Waals surface area contributed by atoms with E-state index < -0.39 is 0 Å². The van der Waals surface area contributed by atoms with E-state index in [1.165, 1.54) is 10.9 Å². The van der Waals surface area contributed by atoms with Gasteiger partial charge in [-0.1, -0.05) is 30.3 Å². The quantitative estimate of drug-likeness (QED) is 0.249. The molecule has 2 heterocycles. The van der Waals surface area contributed by atoms with E-state index in [4.69, 9.17) is 9.47 Å². The zero-order valence-electron chi connectivity index (χ0n) is 21.4. The first-order chi connectivity index (χ1) is 18.0. The summed E-state index contributed by atoms with van der Waals surface area (Å²) in [5.74, 6) is 1.53. The number of benzene rings is 4. The largest absolute Gasteiger partial charge is 0.497 e. The van der Waals surface area contributed by atoms with Crippen molar-refractivity contribution in [2.75, 3.05) is 14.2 Å². The molecule has 6 rings (SSSR count). The number of para-hydroxylation sites is 1. The number of carbonyl (C=O) groups is 1. The SMILES string of the molecule is CCn1c2ccccc2c2cc3c(cc21)c(-c1ccc(OC)cc1)c(-c1ccc(OC)cc1)n3C(C)=O. The van der Waals surface area contributed by atoms with Crippen molar-refractivity contribution in [1.82, 2.24) is 9.13 Å². The summed E-state index contributed by atoms with van der Waals surface area (Å²) in [6, 6.07) is 28.8. The fraction of sp³-hybridized carbons (Fsp3) is 0.156. The molecule has 0 aliphatic heterocycles. The van der Waals surface area contributed by atoms with Gasteiger partial charge in [-0.25, -0.2) is 0 Å². The maximum atomic E-state index is 13.3. The number of aryl methyl sites for hydroxylation is 1. The number of methoxy groups -OCH3 is 2. The van der Waals surface area contributed by atoms with Crippen LogP contribution in [0.25, 0.3) is 55.1 Å². The highest BCUT2D eigenvalue weighted by Crippen LogP contribution is 2.44. The lowest BCUT2D eigenvalue weighted by Gasteiger charge is -2.11. The Bertz CT molecular complexity index is 1790. The second kappa shape index (κ2) is 8.86. The smallest absolute Gasteiger partial charge is 0.228 e. The molecule has 0 saturated heterocycles. The Morgan fingerprint density at radius 1 is 0.703 bits per heavy atom. The van der Waals surface area contributed by atoms with Gasteiger partial charge in [-0.3, -0.25) is 9.36 Å². The van der Waals surface area contributed by atoms with Crippen LogP contribution >= 0.6 is 0 Å². The third kappa shape index (κ3) is 3.50. The molecule has 0 bridgehead atoms. The monoisotopic (exact) mass is 488 g/mol. The molecule has 0 aliphatic carbocycles. The average Bonchev–Trinajstić information content (AvgIpc) is 3.44. The number of hydrogen-bond donors (Lipinski definition) is 0. The zero-order chi connectivity index (χ0) is 25.7. The first kappa shape index (κ1) is 22.9. The van der Waals surface area contributed by atoms with E-state index in [0.29, 0.717) is 0 Å². The fourth-order valence-electron chi connectivity index (χ4n) is 5.57. The zero-order valence-corrected chi connectivity index (χ0v) is 21.4. The minimum Gasteiger partial charge on any atom is -0.497 e. The van der Waals surface area contributed by atoms with Gasteiger partial charge in [0.05, 0.1) is 25.4 Å². The van der Waals surface area contributed by atoms with Crippen LogP contribution in [0.3, 0.4) is 0 Å². The van der Waals surface area contributed by atoms with E-state index >= 15 is 0 Å². The molecule has 0 fully saturated rings. The molecular weight excluding hydrogens is 460 g/mol. The Balaban J connectivity index is 1.79. The Morgan fingerprint density at radius 3 is 1.89 bits per heavy atom. The van der Waals surface area contributed by atoms with Crippen LogP contribution in [0.5, 0.6) is 11.5 Å². The number of carbonyl (C=O) groups excluding carboxylic acids is 1. The summed E-state index contributed by atoms with van der Waals surface area (Å²) in [4.78, 5) is 13.3. The van der Waals surface area contributed by atoms with Crippen LogP contribution in [0.4, 0.5) is 0 Å². The van der Waals surface area contributed by atoms with Crippen molar-refractivity contribution in [3.63, 3.8) is 0 Å². The highest BCUT2D eigenvalue weighted by molar-refractivity contribution is 6.18. The maximum Gasteiger partial charge on any atom is 0.228 e. The van der Waals surface area contributed by atoms with Gasteiger partial charge >= 0.3 is 0 Å². The Labute approximate surface area is 215 Å². The van der Waals surface area contributed by atoms with Crippen molar-refractivity contribution in [2.24, 2.45) is 0 Å². The van der Waals surface area contributed by atoms with Crippen LogP contribution in [0, 0.1) is 0 Å². The number of aromatic nitrogens is 2. The first-order valence-corrected chi connectivity index (χ1v) is 12.4. The molecule has 37 heavy (non-hydrogen) atoms. The molecule has 5 heteroatoms. The molecule has 2 aromatic heterocycles. The number of rotatable bonds is 5.